The van der Waals surface area contributed by atoms with Crippen molar-refractivity contribution < 1.29 is 13.7 Å². The number of nitrogens with one attached hydrogen (secondary N) is 1. The van der Waals surface area contributed by atoms with E-state index >= 15 is 0 Å². The van der Waals surface area contributed by atoms with Gasteiger partial charge >= 0.3 is 0 Å². The highest BCUT2D eigenvalue weighted by atomic mass is 35.5. The molecule has 100 valence electrons. The summed E-state index contributed by atoms with van der Waals surface area (Å²) in [5.41, 5.74) is 0.236. The van der Waals surface area contributed by atoms with Crippen molar-refractivity contribution in [1.29, 1.82) is 0 Å². The van der Waals surface area contributed by atoms with Crippen molar-refractivity contribution in [3.63, 3.8) is 0 Å². The topological polar surface area (TPSA) is 60.2 Å². The molecule has 19 heavy (non-hydrogen) atoms. The number of rotatable bonds is 2. The van der Waals surface area contributed by atoms with Gasteiger partial charge in [0.1, 0.15) is 5.82 Å². The molecular formula is C12H11ClFN3O2. The Hall–Kier alpha value is -1.50. The van der Waals surface area contributed by atoms with Crippen LogP contribution in [0, 0.1) is 5.82 Å². The lowest BCUT2D eigenvalue weighted by Crippen LogP contribution is -2.35. The average molecular weight is 284 g/mol. The first-order valence-corrected chi connectivity index (χ1v) is 6.22. The summed E-state index contributed by atoms with van der Waals surface area (Å²) in [5, 5.41) is 7.37. The summed E-state index contributed by atoms with van der Waals surface area (Å²) in [6, 6.07) is 4.18. The minimum atomic E-state index is -0.490. The number of nitrogens with zero attached hydrogens (tertiary/aromatic N) is 2. The van der Waals surface area contributed by atoms with Crippen molar-refractivity contribution in [2.24, 2.45) is 0 Å². The molecule has 1 aromatic carbocycles. The monoisotopic (exact) mass is 283 g/mol. The second kappa shape index (κ2) is 5.24. The zero-order valence-electron chi connectivity index (χ0n) is 9.90. The fraction of sp³-hybridized carbons (Fsp3) is 0.333. The van der Waals surface area contributed by atoms with Crippen LogP contribution in [0.3, 0.4) is 0 Å². The van der Waals surface area contributed by atoms with Crippen molar-refractivity contribution in [2.45, 2.75) is 6.04 Å². The van der Waals surface area contributed by atoms with Crippen molar-refractivity contribution in [1.82, 2.24) is 15.5 Å². The van der Waals surface area contributed by atoms with E-state index in [4.69, 9.17) is 20.9 Å². The minimum Gasteiger partial charge on any atom is -0.378 e. The maximum Gasteiger partial charge on any atom is 0.260 e. The Balaban J connectivity index is 1.87. The average Bonchev–Trinajstić information content (AvgIpc) is 2.89. The predicted octanol–water partition coefficient (Wildman–Crippen LogP) is 2.19. The van der Waals surface area contributed by atoms with Gasteiger partial charge in [0.25, 0.3) is 5.89 Å². The molecule has 1 atom stereocenters. The van der Waals surface area contributed by atoms with Gasteiger partial charge < -0.3 is 14.6 Å². The van der Waals surface area contributed by atoms with E-state index in [2.05, 4.69) is 15.5 Å². The number of aromatic nitrogens is 2. The number of benzene rings is 1. The van der Waals surface area contributed by atoms with E-state index in [1.807, 2.05) is 0 Å². The van der Waals surface area contributed by atoms with Crippen LogP contribution >= 0.6 is 11.6 Å². The normalized spacial score (nSPS) is 19.6. The first-order valence-electron chi connectivity index (χ1n) is 5.84. The molecule has 1 aliphatic rings. The Labute approximate surface area is 113 Å². The van der Waals surface area contributed by atoms with Crippen LogP contribution in [-0.4, -0.2) is 29.9 Å². The van der Waals surface area contributed by atoms with Gasteiger partial charge in [0.2, 0.25) is 0 Å². The third kappa shape index (κ3) is 2.60. The Morgan fingerprint density at radius 3 is 3.05 bits per heavy atom. The van der Waals surface area contributed by atoms with Gasteiger partial charge in [-0.15, -0.1) is 0 Å². The SMILES string of the molecule is Fc1cc(Cl)ccc1-c1nc(C2COCCN2)no1. The van der Waals surface area contributed by atoms with Gasteiger partial charge in [-0.3, -0.25) is 0 Å². The summed E-state index contributed by atoms with van der Waals surface area (Å²) in [5.74, 6) is 0.108. The lowest BCUT2D eigenvalue weighted by Gasteiger charge is -2.20. The van der Waals surface area contributed by atoms with Gasteiger partial charge in [-0.1, -0.05) is 16.8 Å². The Morgan fingerprint density at radius 1 is 1.42 bits per heavy atom. The third-order valence-corrected chi connectivity index (χ3v) is 3.07. The molecule has 7 heteroatoms. The summed E-state index contributed by atoms with van der Waals surface area (Å²) >= 11 is 5.70. The van der Waals surface area contributed by atoms with Gasteiger partial charge in [-0.05, 0) is 18.2 Å². The van der Waals surface area contributed by atoms with E-state index in [0.717, 1.165) is 6.54 Å². The first kappa shape index (κ1) is 12.5. The van der Waals surface area contributed by atoms with Crippen LogP contribution in [0.2, 0.25) is 5.02 Å². The fourth-order valence-corrected chi connectivity index (χ4v) is 2.04. The second-order valence-electron chi connectivity index (χ2n) is 4.16. The van der Waals surface area contributed by atoms with Gasteiger partial charge in [0, 0.05) is 11.6 Å². The molecule has 1 fully saturated rings. The largest absolute Gasteiger partial charge is 0.378 e. The fourth-order valence-electron chi connectivity index (χ4n) is 1.88. The van der Waals surface area contributed by atoms with E-state index in [-0.39, 0.29) is 17.5 Å². The molecule has 1 N–H and O–H groups in total. The molecule has 5 nitrogen and oxygen atoms in total. The number of morpholine rings is 1. The van der Waals surface area contributed by atoms with Crippen LogP contribution < -0.4 is 5.32 Å². The third-order valence-electron chi connectivity index (χ3n) is 2.84. The summed E-state index contributed by atoms with van der Waals surface area (Å²) < 4.78 is 24.1. The highest BCUT2D eigenvalue weighted by Gasteiger charge is 2.22. The number of hydrogen-bond acceptors (Lipinski definition) is 5. The maximum atomic E-state index is 13.7. The van der Waals surface area contributed by atoms with Crippen molar-refractivity contribution in [2.75, 3.05) is 19.8 Å². The number of hydrogen-bond donors (Lipinski definition) is 1. The van der Waals surface area contributed by atoms with Crippen LogP contribution in [0.1, 0.15) is 11.9 Å². The van der Waals surface area contributed by atoms with E-state index in [1.165, 1.54) is 12.1 Å². The molecule has 1 aliphatic heterocycles. The molecule has 0 amide bonds. The Morgan fingerprint density at radius 2 is 2.32 bits per heavy atom. The van der Waals surface area contributed by atoms with Crippen LogP contribution in [0.4, 0.5) is 4.39 Å². The van der Waals surface area contributed by atoms with Crippen molar-refractivity contribution >= 4 is 11.6 Å². The van der Waals surface area contributed by atoms with E-state index < -0.39 is 5.82 Å². The quantitative estimate of drug-likeness (QED) is 0.915. The first-order chi connectivity index (χ1) is 9.24. The van der Waals surface area contributed by atoms with E-state index in [9.17, 15) is 4.39 Å². The Kier molecular flexibility index (Phi) is 3.46. The standard InChI is InChI=1S/C12H11ClFN3O2/c13-7-1-2-8(9(14)5-7)12-16-11(17-19-12)10-6-18-4-3-15-10/h1-2,5,10,15H,3-4,6H2. The molecule has 1 unspecified atom stereocenters. The number of halogens is 2. The lowest BCUT2D eigenvalue weighted by molar-refractivity contribution is 0.0734. The van der Waals surface area contributed by atoms with E-state index in [1.54, 1.807) is 6.07 Å². The zero-order chi connectivity index (χ0) is 13.2. The van der Waals surface area contributed by atoms with Gasteiger partial charge in [0.05, 0.1) is 24.8 Å². The molecule has 1 aromatic heterocycles. The van der Waals surface area contributed by atoms with Gasteiger partial charge in [-0.25, -0.2) is 4.39 Å². The molecule has 0 aliphatic carbocycles. The summed E-state index contributed by atoms with van der Waals surface area (Å²) in [7, 11) is 0. The van der Waals surface area contributed by atoms with Crippen LogP contribution in [0.15, 0.2) is 22.7 Å². The molecule has 1 saturated heterocycles. The molecule has 0 spiro atoms. The van der Waals surface area contributed by atoms with Gasteiger partial charge in [-0.2, -0.15) is 4.98 Å². The van der Waals surface area contributed by atoms with Crippen LogP contribution in [0.25, 0.3) is 11.5 Å². The summed E-state index contributed by atoms with van der Waals surface area (Å²) in [4.78, 5) is 4.19. The second-order valence-corrected chi connectivity index (χ2v) is 4.60. The molecular weight excluding hydrogens is 273 g/mol. The molecule has 2 heterocycles. The lowest BCUT2D eigenvalue weighted by atomic mass is 10.2. The Bertz CT molecular complexity index is 584. The molecule has 3 rings (SSSR count). The van der Waals surface area contributed by atoms with Crippen LogP contribution in [-0.2, 0) is 4.74 Å². The van der Waals surface area contributed by atoms with Crippen molar-refractivity contribution in [3.05, 3.63) is 34.9 Å². The highest BCUT2D eigenvalue weighted by Crippen LogP contribution is 2.25. The van der Waals surface area contributed by atoms with Crippen LogP contribution in [0.5, 0.6) is 0 Å². The number of ether oxygens (including phenoxy) is 1. The smallest absolute Gasteiger partial charge is 0.260 e. The van der Waals surface area contributed by atoms with Crippen molar-refractivity contribution in [3.8, 4) is 11.5 Å². The maximum absolute atomic E-state index is 13.7. The zero-order valence-corrected chi connectivity index (χ0v) is 10.7. The molecule has 0 radical (unpaired) electrons. The predicted molar refractivity (Wildman–Crippen MR) is 66.3 cm³/mol. The molecule has 2 aromatic rings. The highest BCUT2D eigenvalue weighted by molar-refractivity contribution is 6.30. The van der Waals surface area contributed by atoms with Gasteiger partial charge in [0.15, 0.2) is 5.82 Å². The molecule has 0 bridgehead atoms. The molecule has 0 saturated carbocycles. The minimum absolute atomic E-state index is 0.124. The van der Waals surface area contributed by atoms with E-state index in [0.29, 0.717) is 24.1 Å². The summed E-state index contributed by atoms with van der Waals surface area (Å²) in [6.45, 7) is 1.86. The summed E-state index contributed by atoms with van der Waals surface area (Å²) in [6.07, 6.45) is 0.